The van der Waals surface area contributed by atoms with E-state index in [-0.39, 0.29) is 12.3 Å². The Hall–Kier alpha value is -3.06. The van der Waals surface area contributed by atoms with E-state index in [1.165, 1.54) is 17.4 Å². The molecule has 1 aromatic heterocycles. The highest BCUT2D eigenvalue weighted by Crippen LogP contribution is 2.31. The smallest absolute Gasteiger partial charge is 0.233 e. The van der Waals surface area contributed by atoms with Gasteiger partial charge in [0.05, 0.1) is 11.2 Å². The van der Waals surface area contributed by atoms with Crippen molar-refractivity contribution in [2.75, 3.05) is 17.6 Å². The van der Waals surface area contributed by atoms with E-state index in [4.69, 9.17) is 5.73 Å². The Morgan fingerprint density at radius 2 is 2.14 bits per heavy atom. The highest BCUT2D eigenvalue weighted by molar-refractivity contribution is 7.92. The fourth-order valence-corrected chi connectivity index (χ4v) is 4.21. The van der Waals surface area contributed by atoms with E-state index in [0.717, 1.165) is 21.4 Å². The van der Waals surface area contributed by atoms with Gasteiger partial charge in [-0.3, -0.25) is 0 Å². The molecule has 7 nitrogen and oxygen atoms in total. The van der Waals surface area contributed by atoms with Crippen LogP contribution in [-0.4, -0.2) is 25.1 Å². The fraction of sp³-hybridized carbons (Fsp3) is 0.150. The molecule has 0 aliphatic rings. The van der Waals surface area contributed by atoms with Gasteiger partial charge in [0.2, 0.25) is 10.0 Å². The molecule has 9 heteroatoms. The van der Waals surface area contributed by atoms with Crippen LogP contribution in [0.5, 0.6) is 5.75 Å². The third kappa shape index (κ3) is 5.71. The molecule has 2 aromatic carbocycles. The van der Waals surface area contributed by atoms with E-state index < -0.39 is 10.0 Å². The number of nitrogens with zero attached hydrogens (tertiary/aromatic N) is 1. The highest BCUT2D eigenvalue weighted by Gasteiger charge is 2.07. The van der Waals surface area contributed by atoms with Crippen molar-refractivity contribution in [2.24, 2.45) is 0 Å². The zero-order valence-electron chi connectivity index (χ0n) is 15.6. The van der Waals surface area contributed by atoms with Gasteiger partial charge in [-0.25, -0.2) is 18.1 Å². The number of aromatic nitrogens is 1. The zero-order valence-corrected chi connectivity index (χ0v) is 17.3. The molecule has 3 rings (SSSR count). The number of anilines is 2. The number of rotatable bonds is 6. The van der Waals surface area contributed by atoms with Gasteiger partial charge in [0.25, 0.3) is 0 Å². The minimum absolute atomic E-state index is 0.0563. The second kappa shape index (κ2) is 8.96. The minimum Gasteiger partial charge on any atom is -0.506 e. The van der Waals surface area contributed by atoms with Crippen LogP contribution < -0.4 is 15.8 Å². The van der Waals surface area contributed by atoms with Crippen LogP contribution in [0.2, 0.25) is 0 Å². The van der Waals surface area contributed by atoms with Gasteiger partial charge >= 0.3 is 0 Å². The van der Waals surface area contributed by atoms with Crippen molar-refractivity contribution in [1.82, 2.24) is 9.71 Å². The molecule has 0 saturated heterocycles. The van der Waals surface area contributed by atoms with Gasteiger partial charge in [0.15, 0.2) is 5.13 Å². The fourth-order valence-electron chi connectivity index (χ4n) is 2.60. The third-order valence-corrected chi connectivity index (χ3v) is 5.83. The van der Waals surface area contributed by atoms with E-state index in [9.17, 15) is 13.5 Å². The number of allylic oxidation sites excluding steroid dienone is 1. The Morgan fingerprint density at radius 3 is 2.93 bits per heavy atom. The number of fused-ring (bicyclic) bond motifs is 1. The number of phenolic OH excluding ortho intramolecular Hbond substituents is 1. The first-order chi connectivity index (χ1) is 13.9. The van der Waals surface area contributed by atoms with Crippen LogP contribution in [0.1, 0.15) is 18.1 Å². The Labute approximate surface area is 173 Å². The lowest BCUT2D eigenvalue weighted by atomic mass is 10.2. The molecule has 0 radical (unpaired) electrons. The number of aromatic hydroxyl groups is 1. The van der Waals surface area contributed by atoms with E-state index in [1.807, 2.05) is 30.3 Å². The van der Waals surface area contributed by atoms with Crippen LogP contribution in [-0.2, 0) is 16.6 Å². The molecular weight excluding hydrogens is 408 g/mol. The monoisotopic (exact) mass is 428 g/mol. The van der Waals surface area contributed by atoms with E-state index in [0.29, 0.717) is 22.8 Å². The quantitative estimate of drug-likeness (QED) is 0.449. The number of phenols is 1. The molecule has 1 heterocycles. The number of nitrogens with one attached hydrogen (secondary N) is 2. The van der Waals surface area contributed by atoms with Gasteiger partial charge in [-0.05, 0) is 36.8 Å². The second-order valence-electron chi connectivity index (χ2n) is 6.09. The summed E-state index contributed by atoms with van der Waals surface area (Å²) in [5.41, 5.74) is 8.49. The predicted octanol–water partition coefficient (Wildman–Crippen LogP) is 3.00. The first-order valence-corrected chi connectivity index (χ1v) is 11.1. The lowest BCUT2D eigenvalue weighted by Gasteiger charge is -2.07. The number of nitrogen functional groups attached to an aromatic ring is 1. The van der Waals surface area contributed by atoms with Gasteiger partial charge < -0.3 is 16.2 Å². The summed E-state index contributed by atoms with van der Waals surface area (Å²) in [6, 6.07) is 10.8. The lowest BCUT2D eigenvalue weighted by Crippen LogP contribution is -2.20. The lowest BCUT2D eigenvalue weighted by molar-refractivity contribution is 0.480. The molecular formula is C20H20N4O3S2. The van der Waals surface area contributed by atoms with Gasteiger partial charge in [0, 0.05) is 23.2 Å². The summed E-state index contributed by atoms with van der Waals surface area (Å²) in [6.45, 7) is 2.24. The van der Waals surface area contributed by atoms with Crippen LogP contribution in [0.25, 0.3) is 10.2 Å². The summed E-state index contributed by atoms with van der Waals surface area (Å²) in [7, 11) is -3.42. The first kappa shape index (κ1) is 20.7. The Bertz CT molecular complexity index is 1220. The van der Waals surface area contributed by atoms with Gasteiger partial charge in [0.1, 0.15) is 11.3 Å². The number of benzene rings is 2. The van der Waals surface area contributed by atoms with Crippen molar-refractivity contribution in [3.8, 4) is 17.6 Å². The van der Waals surface area contributed by atoms with Crippen molar-refractivity contribution < 1.29 is 13.5 Å². The van der Waals surface area contributed by atoms with Crippen LogP contribution in [0.4, 0.5) is 10.8 Å². The van der Waals surface area contributed by atoms with E-state index in [2.05, 4.69) is 26.9 Å². The number of nitrogens with two attached hydrogens (primary N) is 1. The normalized spacial score (nSPS) is 11.5. The maximum atomic E-state index is 11.7. The standard InChI is InChI=1S/C20H20N4O3S2/c1-2-9-29(26,27)23-13-15-5-3-7-16(10-15)22-8-4-6-14-11-17(25)19-18(12-14)28-20(21)24-19/h2-3,5,7,9-12,22-23,25H,8,13H2,1H3,(H2,21,24)/b9-2+. The summed E-state index contributed by atoms with van der Waals surface area (Å²) in [5.74, 6) is 6.05. The second-order valence-corrected chi connectivity index (χ2v) is 8.80. The largest absolute Gasteiger partial charge is 0.506 e. The molecule has 0 aliphatic heterocycles. The molecule has 0 atom stereocenters. The number of hydrogen-bond donors (Lipinski definition) is 4. The predicted molar refractivity (Wildman–Crippen MR) is 118 cm³/mol. The van der Waals surface area contributed by atoms with Crippen molar-refractivity contribution in [1.29, 1.82) is 0 Å². The summed E-state index contributed by atoms with van der Waals surface area (Å²) < 4.78 is 26.7. The summed E-state index contributed by atoms with van der Waals surface area (Å²) in [4.78, 5) is 4.08. The van der Waals surface area contributed by atoms with Crippen LogP contribution in [0, 0.1) is 11.8 Å². The van der Waals surface area contributed by atoms with Crippen LogP contribution in [0.3, 0.4) is 0 Å². The maximum absolute atomic E-state index is 11.7. The molecule has 3 aromatic rings. The zero-order chi connectivity index (χ0) is 20.9. The summed E-state index contributed by atoms with van der Waals surface area (Å²) in [6.07, 6.45) is 1.47. The maximum Gasteiger partial charge on any atom is 0.233 e. The van der Waals surface area contributed by atoms with E-state index in [1.54, 1.807) is 13.0 Å². The first-order valence-electron chi connectivity index (χ1n) is 8.69. The van der Waals surface area contributed by atoms with Crippen molar-refractivity contribution >= 4 is 42.4 Å². The molecule has 0 saturated carbocycles. The molecule has 0 aliphatic carbocycles. The van der Waals surface area contributed by atoms with Crippen molar-refractivity contribution in [3.63, 3.8) is 0 Å². The molecule has 0 bridgehead atoms. The van der Waals surface area contributed by atoms with Gasteiger partial charge in [-0.2, -0.15) is 0 Å². The number of sulfonamides is 1. The minimum atomic E-state index is -3.42. The topological polar surface area (TPSA) is 117 Å². The Kier molecular flexibility index (Phi) is 6.39. The van der Waals surface area contributed by atoms with Crippen molar-refractivity contribution in [2.45, 2.75) is 13.5 Å². The molecule has 0 unspecified atom stereocenters. The van der Waals surface area contributed by atoms with Crippen LogP contribution in [0.15, 0.2) is 47.9 Å². The Morgan fingerprint density at radius 1 is 1.31 bits per heavy atom. The average molecular weight is 429 g/mol. The molecule has 29 heavy (non-hydrogen) atoms. The molecule has 0 spiro atoms. The number of hydrogen-bond acceptors (Lipinski definition) is 7. The summed E-state index contributed by atoms with van der Waals surface area (Å²) in [5, 5.41) is 14.7. The van der Waals surface area contributed by atoms with Crippen molar-refractivity contribution in [3.05, 3.63) is 59.0 Å². The molecule has 150 valence electrons. The van der Waals surface area contributed by atoms with Crippen LogP contribution >= 0.6 is 11.3 Å². The third-order valence-electron chi connectivity index (χ3n) is 3.82. The Balaban J connectivity index is 1.62. The number of thiazole rings is 1. The highest BCUT2D eigenvalue weighted by atomic mass is 32.2. The SMILES string of the molecule is C/C=C/S(=O)(=O)NCc1cccc(NCC#Cc2cc(O)c3nc(N)sc3c2)c1. The molecule has 0 amide bonds. The van der Waals surface area contributed by atoms with Gasteiger partial charge in [-0.15, -0.1) is 0 Å². The molecule has 0 fully saturated rings. The average Bonchev–Trinajstić information content (AvgIpc) is 3.05. The molecule has 5 N–H and O–H groups in total. The van der Waals surface area contributed by atoms with E-state index >= 15 is 0 Å². The van der Waals surface area contributed by atoms with Gasteiger partial charge in [-0.1, -0.05) is 41.4 Å². The summed E-state index contributed by atoms with van der Waals surface area (Å²) >= 11 is 1.30.